The second-order valence-electron chi connectivity index (χ2n) is 4.95. The normalized spacial score (nSPS) is 18.1. The van der Waals surface area contributed by atoms with Crippen LogP contribution in [0.25, 0.3) is 0 Å². The van der Waals surface area contributed by atoms with Crippen LogP contribution in [0, 0.1) is 5.92 Å². The number of halogens is 1. The fraction of sp³-hybridized carbons (Fsp3) is 0.400. The Kier molecular flexibility index (Phi) is 6.85. The van der Waals surface area contributed by atoms with Crippen molar-refractivity contribution >= 4 is 30.3 Å². The van der Waals surface area contributed by atoms with Crippen molar-refractivity contribution in [2.45, 2.75) is 19.4 Å². The Morgan fingerprint density at radius 3 is 2.59 bits per heavy atom. The number of hydrogen-bond donors (Lipinski definition) is 1. The highest BCUT2D eigenvalue weighted by Gasteiger charge is 2.33. The molecule has 1 aromatic rings. The van der Waals surface area contributed by atoms with Crippen molar-refractivity contribution in [2.75, 3.05) is 13.1 Å². The van der Waals surface area contributed by atoms with Crippen LogP contribution in [0.3, 0.4) is 0 Å². The summed E-state index contributed by atoms with van der Waals surface area (Å²) in [4.78, 5) is 36.0. The first-order chi connectivity index (χ1) is 10.1. The number of aliphatic carboxylic acids is 1. The van der Waals surface area contributed by atoms with Crippen molar-refractivity contribution in [1.29, 1.82) is 0 Å². The zero-order valence-electron chi connectivity index (χ0n) is 11.9. The summed E-state index contributed by atoms with van der Waals surface area (Å²) in [6, 6.07) is 9.21. The molecule has 1 unspecified atom stereocenters. The van der Waals surface area contributed by atoms with Gasteiger partial charge in [-0.3, -0.25) is 9.59 Å². The van der Waals surface area contributed by atoms with Gasteiger partial charge in [-0.1, -0.05) is 30.3 Å². The van der Waals surface area contributed by atoms with E-state index in [2.05, 4.69) is 0 Å². The lowest BCUT2D eigenvalue weighted by Gasteiger charge is -2.21. The lowest BCUT2D eigenvalue weighted by molar-refractivity contribution is -0.146. The zero-order chi connectivity index (χ0) is 15.2. The van der Waals surface area contributed by atoms with Crippen molar-refractivity contribution < 1.29 is 24.2 Å². The molecule has 1 aliphatic heterocycles. The van der Waals surface area contributed by atoms with Crippen LogP contribution in [0.1, 0.15) is 18.4 Å². The fourth-order valence-electron chi connectivity index (χ4n) is 2.22. The number of ketones is 1. The Bertz CT molecular complexity index is 534. The van der Waals surface area contributed by atoms with Crippen LogP contribution in [0.4, 0.5) is 4.79 Å². The Morgan fingerprint density at radius 1 is 1.27 bits per heavy atom. The highest BCUT2D eigenvalue weighted by molar-refractivity contribution is 5.99. The highest BCUT2D eigenvalue weighted by Crippen LogP contribution is 2.15. The number of carbonyl (C=O) groups is 3. The number of carbonyl (C=O) groups excluding carboxylic acids is 2. The number of hydrogen-bond acceptors (Lipinski definition) is 4. The van der Waals surface area contributed by atoms with E-state index in [-0.39, 0.29) is 37.8 Å². The van der Waals surface area contributed by atoms with Crippen molar-refractivity contribution in [2.24, 2.45) is 5.92 Å². The Labute approximate surface area is 134 Å². The standard InChI is InChI=1S/C15H17NO5.ClH/c17-13-7-4-8-16(9-12(13)14(18)19)15(20)21-10-11-5-2-1-3-6-11;/h1-3,5-6,12H,4,7-10H2,(H,18,19);1H. The number of carboxylic acids is 1. The summed E-state index contributed by atoms with van der Waals surface area (Å²) in [5, 5.41) is 9.04. The topological polar surface area (TPSA) is 83.9 Å². The maximum Gasteiger partial charge on any atom is 0.410 e. The van der Waals surface area contributed by atoms with E-state index in [0.29, 0.717) is 13.0 Å². The molecular weight excluding hydrogens is 310 g/mol. The van der Waals surface area contributed by atoms with Gasteiger partial charge in [0.15, 0.2) is 0 Å². The molecule has 0 aliphatic carbocycles. The number of ether oxygens (including phenoxy) is 1. The number of rotatable bonds is 3. The van der Waals surface area contributed by atoms with Crippen LogP contribution >= 0.6 is 12.4 Å². The van der Waals surface area contributed by atoms with Gasteiger partial charge < -0.3 is 14.7 Å². The van der Waals surface area contributed by atoms with Gasteiger partial charge in [0.2, 0.25) is 0 Å². The van der Waals surface area contributed by atoms with Crippen LogP contribution < -0.4 is 0 Å². The van der Waals surface area contributed by atoms with Gasteiger partial charge in [0.1, 0.15) is 18.3 Å². The minimum Gasteiger partial charge on any atom is -0.481 e. The monoisotopic (exact) mass is 327 g/mol. The molecule has 1 aliphatic rings. The molecule has 22 heavy (non-hydrogen) atoms. The summed E-state index contributed by atoms with van der Waals surface area (Å²) in [6.07, 6.45) is 0.0578. The van der Waals surface area contributed by atoms with Crippen molar-refractivity contribution in [1.82, 2.24) is 4.90 Å². The van der Waals surface area contributed by atoms with Crippen molar-refractivity contribution in [3.8, 4) is 0 Å². The summed E-state index contributed by atoms with van der Waals surface area (Å²) in [6.45, 7) is 0.340. The van der Waals surface area contributed by atoms with Crippen LogP contribution in [-0.2, 0) is 20.9 Å². The highest BCUT2D eigenvalue weighted by atomic mass is 35.5. The molecule has 0 saturated carbocycles. The predicted octanol–water partition coefficient (Wildman–Crippen LogP) is 2.11. The van der Waals surface area contributed by atoms with Crippen molar-refractivity contribution in [3.05, 3.63) is 35.9 Å². The molecule has 1 amide bonds. The summed E-state index contributed by atoms with van der Waals surface area (Å²) in [5.74, 6) is -2.68. The molecule has 0 spiro atoms. The first-order valence-electron chi connectivity index (χ1n) is 6.79. The summed E-state index contributed by atoms with van der Waals surface area (Å²) >= 11 is 0. The predicted molar refractivity (Wildman–Crippen MR) is 80.8 cm³/mol. The first-order valence-corrected chi connectivity index (χ1v) is 6.79. The van der Waals surface area contributed by atoms with Crippen LogP contribution in [-0.4, -0.2) is 40.9 Å². The Hall–Kier alpha value is -2.08. The number of benzene rings is 1. The van der Waals surface area contributed by atoms with E-state index in [1.54, 1.807) is 0 Å². The van der Waals surface area contributed by atoms with Gasteiger partial charge in [-0.05, 0) is 12.0 Å². The number of amides is 1. The second-order valence-corrected chi connectivity index (χ2v) is 4.95. The van der Waals surface area contributed by atoms with E-state index >= 15 is 0 Å². The molecule has 120 valence electrons. The maximum absolute atomic E-state index is 12.0. The van der Waals surface area contributed by atoms with E-state index in [1.807, 2.05) is 30.3 Å². The average Bonchev–Trinajstić information content (AvgIpc) is 2.68. The smallest absolute Gasteiger partial charge is 0.410 e. The van der Waals surface area contributed by atoms with E-state index < -0.39 is 18.0 Å². The van der Waals surface area contributed by atoms with Gasteiger partial charge >= 0.3 is 12.1 Å². The molecule has 1 saturated heterocycles. The number of Topliss-reactive ketones (excluding diaryl/α,β-unsaturated/α-hetero) is 1. The lowest BCUT2D eigenvalue weighted by atomic mass is 10.0. The van der Waals surface area contributed by atoms with Crippen LogP contribution in [0.5, 0.6) is 0 Å². The van der Waals surface area contributed by atoms with Gasteiger partial charge in [0.05, 0.1) is 0 Å². The molecule has 1 atom stereocenters. The quantitative estimate of drug-likeness (QED) is 0.860. The molecular formula is C15H18ClNO5. The van der Waals surface area contributed by atoms with E-state index in [9.17, 15) is 14.4 Å². The Morgan fingerprint density at radius 2 is 1.95 bits per heavy atom. The summed E-state index contributed by atoms with van der Waals surface area (Å²) < 4.78 is 5.17. The third-order valence-electron chi connectivity index (χ3n) is 3.40. The number of carboxylic acid groups (broad SMARTS) is 1. The third kappa shape index (κ3) is 4.73. The first kappa shape index (κ1) is 18.0. The van der Waals surface area contributed by atoms with E-state index in [0.717, 1.165) is 5.56 Å². The molecule has 0 bridgehead atoms. The maximum atomic E-state index is 12.0. The minimum absolute atomic E-state index is 0. The average molecular weight is 328 g/mol. The zero-order valence-corrected chi connectivity index (χ0v) is 12.8. The molecule has 1 N–H and O–H groups in total. The van der Waals surface area contributed by atoms with Crippen LogP contribution in [0.15, 0.2) is 30.3 Å². The molecule has 7 heteroatoms. The lowest BCUT2D eigenvalue weighted by Crippen LogP contribution is -2.39. The number of nitrogens with zero attached hydrogens (tertiary/aromatic N) is 1. The summed E-state index contributed by atoms with van der Waals surface area (Å²) in [7, 11) is 0. The van der Waals surface area contributed by atoms with Gasteiger partial charge in [-0.25, -0.2) is 4.79 Å². The molecule has 1 fully saturated rings. The second kappa shape index (κ2) is 8.38. The Balaban J connectivity index is 0.00000242. The van der Waals surface area contributed by atoms with Gasteiger partial charge in [-0.15, -0.1) is 12.4 Å². The SMILES string of the molecule is Cl.O=C(O)C1CN(C(=O)OCc2ccccc2)CCCC1=O. The van der Waals surface area contributed by atoms with E-state index in [1.165, 1.54) is 4.90 Å². The fourth-order valence-corrected chi connectivity index (χ4v) is 2.22. The van der Waals surface area contributed by atoms with Crippen molar-refractivity contribution in [3.63, 3.8) is 0 Å². The minimum atomic E-state index is -1.19. The third-order valence-corrected chi connectivity index (χ3v) is 3.40. The van der Waals surface area contributed by atoms with Gasteiger partial charge in [-0.2, -0.15) is 0 Å². The molecule has 6 nitrogen and oxygen atoms in total. The molecule has 0 radical (unpaired) electrons. The number of likely N-dealkylation sites (tertiary alicyclic amines) is 1. The van der Waals surface area contributed by atoms with Gasteiger partial charge in [0.25, 0.3) is 0 Å². The molecule has 2 rings (SSSR count). The molecule has 1 aromatic carbocycles. The summed E-state index contributed by atoms with van der Waals surface area (Å²) in [5.41, 5.74) is 0.853. The van der Waals surface area contributed by atoms with Gasteiger partial charge in [0, 0.05) is 19.5 Å². The molecule has 1 heterocycles. The largest absolute Gasteiger partial charge is 0.481 e. The van der Waals surface area contributed by atoms with Crippen LogP contribution in [0.2, 0.25) is 0 Å². The van der Waals surface area contributed by atoms with E-state index in [4.69, 9.17) is 9.84 Å². The molecule has 0 aromatic heterocycles.